The van der Waals surface area contributed by atoms with Gasteiger partial charge < -0.3 is 29.7 Å². The van der Waals surface area contributed by atoms with Crippen LogP contribution >= 0.6 is 12.4 Å². The lowest BCUT2D eigenvalue weighted by molar-refractivity contribution is -0.118. The summed E-state index contributed by atoms with van der Waals surface area (Å²) < 4.78 is 16.2. The van der Waals surface area contributed by atoms with E-state index in [0.29, 0.717) is 41.6 Å². The van der Waals surface area contributed by atoms with Gasteiger partial charge in [-0.3, -0.25) is 9.59 Å². The van der Waals surface area contributed by atoms with Gasteiger partial charge in [0, 0.05) is 31.7 Å². The van der Waals surface area contributed by atoms with Crippen molar-refractivity contribution >= 4 is 29.9 Å². The van der Waals surface area contributed by atoms with E-state index in [1.165, 1.54) is 14.2 Å². The van der Waals surface area contributed by atoms with E-state index in [0.717, 1.165) is 13.1 Å². The number of halogens is 1. The number of piperazine rings is 1. The van der Waals surface area contributed by atoms with Crippen LogP contribution in [0.25, 0.3) is 0 Å². The molecule has 2 N–H and O–H groups in total. The Hall–Kier alpha value is -2.97. The average Bonchev–Trinajstić information content (AvgIpc) is 2.78. The summed E-state index contributed by atoms with van der Waals surface area (Å²) in [6.07, 6.45) is 0. The molecular formula is C21H26ClN3O5. The molecule has 1 aliphatic heterocycles. The van der Waals surface area contributed by atoms with E-state index in [9.17, 15) is 9.59 Å². The lowest BCUT2D eigenvalue weighted by atomic mass is 10.1. The van der Waals surface area contributed by atoms with E-state index in [1.54, 1.807) is 41.3 Å². The van der Waals surface area contributed by atoms with Crippen LogP contribution in [0.2, 0.25) is 0 Å². The van der Waals surface area contributed by atoms with Gasteiger partial charge in [-0.2, -0.15) is 0 Å². The number of hydrogen-bond acceptors (Lipinski definition) is 6. The monoisotopic (exact) mass is 435 g/mol. The van der Waals surface area contributed by atoms with Crippen molar-refractivity contribution in [2.75, 3.05) is 52.3 Å². The van der Waals surface area contributed by atoms with Crippen molar-refractivity contribution in [1.29, 1.82) is 0 Å². The molecule has 0 aromatic heterocycles. The molecule has 1 heterocycles. The fourth-order valence-corrected chi connectivity index (χ4v) is 3.05. The van der Waals surface area contributed by atoms with E-state index in [2.05, 4.69) is 10.6 Å². The summed E-state index contributed by atoms with van der Waals surface area (Å²) in [6.45, 7) is 2.70. The summed E-state index contributed by atoms with van der Waals surface area (Å²) in [5.41, 5.74) is 1.09. The lowest BCUT2D eigenvalue weighted by Crippen LogP contribution is -2.46. The number of hydrogen-bond donors (Lipinski definition) is 2. The third-order valence-corrected chi connectivity index (χ3v) is 4.55. The normalized spacial score (nSPS) is 13.1. The predicted molar refractivity (Wildman–Crippen MR) is 116 cm³/mol. The second-order valence-electron chi connectivity index (χ2n) is 6.44. The van der Waals surface area contributed by atoms with Gasteiger partial charge >= 0.3 is 0 Å². The molecule has 2 aromatic rings. The zero-order chi connectivity index (χ0) is 20.6. The Kier molecular flexibility index (Phi) is 8.76. The van der Waals surface area contributed by atoms with Crippen LogP contribution in [0.15, 0.2) is 42.5 Å². The maximum absolute atomic E-state index is 12.6. The molecule has 0 unspecified atom stereocenters. The summed E-state index contributed by atoms with van der Waals surface area (Å²) >= 11 is 0. The van der Waals surface area contributed by atoms with Crippen molar-refractivity contribution in [2.45, 2.75) is 0 Å². The van der Waals surface area contributed by atoms with E-state index in [4.69, 9.17) is 14.2 Å². The summed E-state index contributed by atoms with van der Waals surface area (Å²) in [5, 5.41) is 5.97. The zero-order valence-electron chi connectivity index (χ0n) is 17.0. The van der Waals surface area contributed by atoms with Gasteiger partial charge in [0.1, 0.15) is 5.75 Å². The van der Waals surface area contributed by atoms with E-state index in [1.807, 2.05) is 6.07 Å². The molecule has 3 rings (SSSR count). The lowest BCUT2D eigenvalue weighted by Gasteiger charge is -2.27. The molecule has 2 aromatic carbocycles. The molecular weight excluding hydrogens is 410 g/mol. The molecule has 0 radical (unpaired) electrons. The third-order valence-electron chi connectivity index (χ3n) is 4.55. The Morgan fingerprint density at radius 1 is 1.00 bits per heavy atom. The fraction of sp³-hybridized carbons (Fsp3) is 0.333. The fourth-order valence-electron chi connectivity index (χ4n) is 3.05. The van der Waals surface area contributed by atoms with Crippen LogP contribution in [0.4, 0.5) is 5.69 Å². The quantitative estimate of drug-likeness (QED) is 0.693. The molecule has 1 fully saturated rings. The SMILES string of the molecule is COc1ccccc1NC(=O)COc1ccc(C(=O)N2CCNCC2)cc1OC.Cl. The third kappa shape index (κ3) is 5.77. The average molecular weight is 436 g/mol. The number of amides is 2. The first kappa shape index (κ1) is 23.3. The molecule has 0 atom stereocenters. The van der Waals surface area contributed by atoms with Gasteiger partial charge in [0.05, 0.1) is 19.9 Å². The number of anilines is 1. The minimum absolute atomic E-state index is 0. The van der Waals surface area contributed by atoms with E-state index in [-0.39, 0.29) is 30.8 Å². The highest BCUT2D eigenvalue weighted by Crippen LogP contribution is 2.29. The molecule has 1 saturated heterocycles. The van der Waals surface area contributed by atoms with Crippen LogP contribution in [0, 0.1) is 0 Å². The summed E-state index contributed by atoms with van der Waals surface area (Å²) in [5.74, 6) is 0.965. The number of carbonyl (C=O) groups excluding carboxylic acids is 2. The highest BCUT2D eigenvalue weighted by molar-refractivity contribution is 5.95. The summed E-state index contributed by atoms with van der Waals surface area (Å²) in [4.78, 5) is 26.7. The maximum Gasteiger partial charge on any atom is 0.262 e. The van der Waals surface area contributed by atoms with Crippen molar-refractivity contribution in [3.05, 3.63) is 48.0 Å². The first-order valence-corrected chi connectivity index (χ1v) is 9.36. The zero-order valence-corrected chi connectivity index (χ0v) is 17.8. The number of para-hydroxylation sites is 2. The number of nitrogens with one attached hydrogen (secondary N) is 2. The predicted octanol–water partition coefficient (Wildman–Crippen LogP) is 2.19. The Bertz CT molecular complexity index is 871. The van der Waals surface area contributed by atoms with Crippen molar-refractivity contribution in [2.24, 2.45) is 0 Å². The van der Waals surface area contributed by atoms with Gasteiger partial charge in [0.2, 0.25) is 0 Å². The van der Waals surface area contributed by atoms with E-state index >= 15 is 0 Å². The first-order valence-electron chi connectivity index (χ1n) is 9.36. The number of benzene rings is 2. The number of ether oxygens (including phenoxy) is 3. The van der Waals surface area contributed by atoms with Gasteiger partial charge in [-0.15, -0.1) is 12.4 Å². The second-order valence-corrected chi connectivity index (χ2v) is 6.44. The van der Waals surface area contributed by atoms with Gasteiger partial charge in [0.15, 0.2) is 18.1 Å². The van der Waals surface area contributed by atoms with Gasteiger partial charge in [0.25, 0.3) is 11.8 Å². The second kappa shape index (κ2) is 11.3. The molecule has 162 valence electrons. The standard InChI is InChI=1S/C21H25N3O5.ClH/c1-27-17-6-4-3-5-16(17)23-20(25)14-29-18-8-7-15(13-19(18)28-2)21(26)24-11-9-22-10-12-24;/h3-8,13,22H,9-12,14H2,1-2H3,(H,23,25);1H. The summed E-state index contributed by atoms with van der Waals surface area (Å²) in [6, 6.07) is 12.1. The Labute approximate surface area is 181 Å². The van der Waals surface area contributed by atoms with Gasteiger partial charge in [-0.25, -0.2) is 0 Å². The van der Waals surface area contributed by atoms with Crippen LogP contribution in [0.3, 0.4) is 0 Å². The van der Waals surface area contributed by atoms with Crippen molar-refractivity contribution in [3.8, 4) is 17.2 Å². The number of methoxy groups -OCH3 is 2. The number of nitrogens with zero attached hydrogens (tertiary/aromatic N) is 1. The molecule has 0 spiro atoms. The Morgan fingerprint density at radius 2 is 1.70 bits per heavy atom. The molecule has 2 amide bonds. The smallest absolute Gasteiger partial charge is 0.262 e. The Morgan fingerprint density at radius 3 is 2.40 bits per heavy atom. The van der Waals surface area contributed by atoms with Gasteiger partial charge in [-0.05, 0) is 30.3 Å². The topological polar surface area (TPSA) is 89.1 Å². The molecule has 0 saturated carbocycles. The highest BCUT2D eigenvalue weighted by Gasteiger charge is 2.20. The van der Waals surface area contributed by atoms with Crippen LogP contribution in [0.5, 0.6) is 17.2 Å². The first-order chi connectivity index (χ1) is 14.1. The molecule has 1 aliphatic rings. The van der Waals surface area contributed by atoms with Crippen LogP contribution in [-0.2, 0) is 4.79 Å². The van der Waals surface area contributed by atoms with Crippen molar-refractivity contribution in [1.82, 2.24) is 10.2 Å². The van der Waals surface area contributed by atoms with Crippen molar-refractivity contribution in [3.63, 3.8) is 0 Å². The van der Waals surface area contributed by atoms with Gasteiger partial charge in [-0.1, -0.05) is 12.1 Å². The number of rotatable bonds is 7. The van der Waals surface area contributed by atoms with Crippen molar-refractivity contribution < 1.29 is 23.8 Å². The molecule has 8 nitrogen and oxygen atoms in total. The van der Waals surface area contributed by atoms with Crippen LogP contribution < -0.4 is 24.8 Å². The number of carbonyl (C=O) groups is 2. The highest BCUT2D eigenvalue weighted by atomic mass is 35.5. The molecule has 0 bridgehead atoms. The molecule has 9 heteroatoms. The summed E-state index contributed by atoms with van der Waals surface area (Å²) in [7, 11) is 3.03. The maximum atomic E-state index is 12.6. The molecule has 30 heavy (non-hydrogen) atoms. The van der Waals surface area contributed by atoms with E-state index < -0.39 is 0 Å². The molecule has 0 aliphatic carbocycles. The van der Waals surface area contributed by atoms with Crippen LogP contribution in [-0.4, -0.2) is 63.7 Å². The largest absolute Gasteiger partial charge is 0.495 e. The minimum Gasteiger partial charge on any atom is -0.495 e. The van der Waals surface area contributed by atoms with Crippen LogP contribution in [0.1, 0.15) is 10.4 Å². The minimum atomic E-state index is -0.336. The Balaban J connectivity index is 0.00000320.